The van der Waals surface area contributed by atoms with E-state index < -0.39 is 10.0 Å². The minimum absolute atomic E-state index is 0.171. The number of anilines is 2. The van der Waals surface area contributed by atoms with E-state index in [-0.39, 0.29) is 12.1 Å². The quantitative estimate of drug-likeness (QED) is 0.455. The average Bonchev–Trinajstić information content (AvgIpc) is 3.52. The molecule has 35 heavy (non-hydrogen) atoms. The number of benzene rings is 1. The number of aromatic nitrogens is 2. The summed E-state index contributed by atoms with van der Waals surface area (Å²) in [6, 6.07) is 13.7. The summed E-state index contributed by atoms with van der Waals surface area (Å²) in [6.07, 6.45) is 5.30. The highest BCUT2D eigenvalue weighted by Crippen LogP contribution is 2.46. The first-order valence-corrected chi connectivity index (χ1v) is 13.8. The molecule has 2 N–H and O–H groups in total. The monoisotopic (exact) mass is 511 g/mol. The van der Waals surface area contributed by atoms with Gasteiger partial charge in [-0.2, -0.15) is 0 Å². The molecule has 2 fully saturated rings. The largest absolute Gasteiger partial charge is 0.495 e. The van der Waals surface area contributed by atoms with Crippen molar-refractivity contribution in [3.8, 4) is 5.75 Å². The zero-order valence-electron chi connectivity index (χ0n) is 20.1. The van der Waals surface area contributed by atoms with Crippen molar-refractivity contribution >= 4 is 38.7 Å². The number of methoxy groups -OCH3 is 1. The Kier molecular flexibility index (Phi) is 5.96. The Hall–Kier alpha value is -3.11. The van der Waals surface area contributed by atoms with Crippen molar-refractivity contribution in [2.45, 2.75) is 44.8 Å². The van der Waals surface area contributed by atoms with E-state index in [0.29, 0.717) is 22.6 Å². The van der Waals surface area contributed by atoms with E-state index in [1.165, 1.54) is 36.9 Å². The van der Waals surface area contributed by atoms with Crippen LogP contribution in [0.1, 0.15) is 53.6 Å². The molecule has 3 aromatic rings. The number of nitrogens with one attached hydrogen (secondary N) is 2. The minimum atomic E-state index is -3.50. The Bertz CT molecular complexity index is 1380. The number of ether oxygens (including phenoxy) is 1. The number of hydrogen-bond donors (Lipinski definition) is 2. The Morgan fingerprint density at radius 1 is 1.17 bits per heavy atom. The van der Waals surface area contributed by atoms with E-state index in [9.17, 15) is 8.42 Å². The third kappa shape index (κ3) is 4.48. The van der Waals surface area contributed by atoms with E-state index in [4.69, 9.17) is 17.0 Å². The fraction of sp³-hybridized carbons (Fsp3) is 0.360. The predicted molar refractivity (Wildman–Crippen MR) is 142 cm³/mol. The number of thiocarbonyl (C=S) groups is 1. The summed E-state index contributed by atoms with van der Waals surface area (Å²) in [7, 11) is -1.99. The molecule has 1 aliphatic heterocycles. The van der Waals surface area contributed by atoms with Gasteiger partial charge in [-0.15, -0.1) is 0 Å². The van der Waals surface area contributed by atoms with Crippen LogP contribution in [-0.2, 0) is 10.0 Å². The lowest BCUT2D eigenvalue weighted by atomic mass is 9.96. The number of aryl methyl sites for hydroxylation is 1. The fourth-order valence-corrected chi connectivity index (χ4v) is 5.98. The molecular weight excluding hydrogens is 482 g/mol. The highest BCUT2D eigenvalue weighted by atomic mass is 32.2. The van der Waals surface area contributed by atoms with E-state index in [2.05, 4.69) is 44.4 Å². The molecule has 184 valence electrons. The van der Waals surface area contributed by atoms with Crippen molar-refractivity contribution in [3.05, 3.63) is 71.3 Å². The summed E-state index contributed by atoms with van der Waals surface area (Å²) < 4.78 is 34.4. The second-order valence-corrected chi connectivity index (χ2v) is 11.3. The molecule has 3 heterocycles. The molecule has 0 radical (unpaired) electrons. The summed E-state index contributed by atoms with van der Waals surface area (Å²) >= 11 is 5.85. The molecule has 1 aliphatic carbocycles. The highest BCUT2D eigenvalue weighted by molar-refractivity contribution is 7.92. The van der Waals surface area contributed by atoms with Crippen LogP contribution in [-0.4, -0.2) is 36.4 Å². The van der Waals surface area contributed by atoms with Gasteiger partial charge in [0.05, 0.1) is 36.8 Å². The lowest BCUT2D eigenvalue weighted by Gasteiger charge is -2.29. The SMILES string of the molecule is COc1ccc(N2C(=S)N[C@H](c3ccccn3)[C@H]2c2cc(C)n(C3CC3)c2C)cc1NS(C)(=O)=O. The van der Waals surface area contributed by atoms with Crippen molar-refractivity contribution in [2.24, 2.45) is 0 Å². The standard InChI is InChI=1S/C25H29N5O3S2/c1-15-13-19(16(2)29(15)17-8-9-17)24-23(20-7-5-6-12-26-20)27-25(34)30(24)18-10-11-22(33-3)21(14-18)28-35(4,31)32/h5-7,10-14,17,23-24,28H,8-9H2,1-4H3,(H,27,34)/t23-,24-/m1/s1. The van der Waals surface area contributed by atoms with Gasteiger partial charge in [0.25, 0.3) is 0 Å². The molecule has 1 saturated heterocycles. The van der Waals surface area contributed by atoms with Crippen LogP contribution in [0.4, 0.5) is 11.4 Å². The van der Waals surface area contributed by atoms with Crippen molar-refractivity contribution in [1.29, 1.82) is 0 Å². The van der Waals surface area contributed by atoms with Gasteiger partial charge in [-0.05, 0) is 80.9 Å². The summed E-state index contributed by atoms with van der Waals surface area (Å²) in [5.41, 5.74) is 5.63. The predicted octanol–water partition coefficient (Wildman–Crippen LogP) is 4.39. The van der Waals surface area contributed by atoms with Crippen molar-refractivity contribution in [3.63, 3.8) is 0 Å². The van der Waals surface area contributed by atoms with Gasteiger partial charge in [0.15, 0.2) is 5.11 Å². The zero-order valence-corrected chi connectivity index (χ0v) is 21.8. The maximum absolute atomic E-state index is 12.0. The second kappa shape index (κ2) is 8.83. The number of sulfonamides is 1. The molecule has 8 nitrogen and oxygen atoms in total. The molecule has 0 amide bonds. The molecular formula is C25H29N5O3S2. The van der Waals surface area contributed by atoms with E-state index in [1.54, 1.807) is 18.3 Å². The minimum Gasteiger partial charge on any atom is -0.495 e. The van der Waals surface area contributed by atoms with Gasteiger partial charge in [-0.3, -0.25) is 9.71 Å². The number of rotatable bonds is 7. The molecule has 1 saturated carbocycles. The first-order chi connectivity index (χ1) is 16.7. The number of nitrogens with zero attached hydrogens (tertiary/aromatic N) is 3. The highest BCUT2D eigenvalue weighted by Gasteiger charge is 2.43. The van der Waals surface area contributed by atoms with Gasteiger partial charge in [0.2, 0.25) is 10.0 Å². The first-order valence-electron chi connectivity index (χ1n) is 11.5. The molecule has 0 unspecified atom stereocenters. The second-order valence-electron chi connectivity index (χ2n) is 9.18. The molecule has 1 aromatic carbocycles. The summed E-state index contributed by atoms with van der Waals surface area (Å²) in [4.78, 5) is 6.69. The zero-order chi connectivity index (χ0) is 24.9. The van der Waals surface area contributed by atoms with Crippen LogP contribution >= 0.6 is 12.2 Å². The van der Waals surface area contributed by atoms with Crippen LogP contribution in [0.25, 0.3) is 0 Å². The van der Waals surface area contributed by atoms with Crippen LogP contribution < -0.4 is 19.7 Å². The lowest BCUT2D eigenvalue weighted by molar-refractivity contribution is 0.417. The van der Waals surface area contributed by atoms with Crippen LogP contribution in [0, 0.1) is 13.8 Å². The van der Waals surface area contributed by atoms with E-state index in [1.807, 2.05) is 24.3 Å². The van der Waals surface area contributed by atoms with Gasteiger partial charge in [-0.1, -0.05) is 6.07 Å². The normalized spacial score (nSPS) is 20.1. The maximum Gasteiger partial charge on any atom is 0.229 e. The Morgan fingerprint density at radius 2 is 1.94 bits per heavy atom. The van der Waals surface area contributed by atoms with Gasteiger partial charge < -0.3 is 19.5 Å². The van der Waals surface area contributed by atoms with E-state index in [0.717, 1.165) is 17.6 Å². The van der Waals surface area contributed by atoms with Crippen molar-refractivity contribution in [2.75, 3.05) is 23.0 Å². The van der Waals surface area contributed by atoms with Gasteiger partial charge in [0, 0.05) is 29.3 Å². The molecule has 0 bridgehead atoms. The van der Waals surface area contributed by atoms with Gasteiger partial charge in [-0.25, -0.2) is 8.42 Å². The van der Waals surface area contributed by atoms with Crippen molar-refractivity contribution in [1.82, 2.24) is 14.9 Å². The van der Waals surface area contributed by atoms with Crippen LogP contribution in [0.2, 0.25) is 0 Å². The summed E-state index contributed by atoms with van der Waals surface area (Å²) in [6.45, 7) is 4.32. The van der Waals surface area contributed by atoms with E-state index >= 15 is 0 Å². The molecule has 0 spiro atoms. The molecule has 10 heteroatoms. The van der Waals surface area contributed by atoms with Crippen molar-refractivity contribution < 1.29 is 13.2 Å². The average molecular weight is 512 g/mol. The van der Waals surface area contributed by atoms with Gasteiger partial charge in [0.1, 0.15) is 5.75 Å². The summed E-state index contributed by atoms with van der Waals surface area (Å²) in [5.74, 6) is 0.432. The fourth-order valence-electron chi connectivity index (χ4n) is 5.07. The first kappa shape index (κ1) is 23.6. The number of pyridine rings is 1. The lowest BCUT2D eigenvalue weighted by Crippen LogP contribution is -2.29. The topological polar surface area (TPSA) is 88.5 Å². The third-order valence-corrected chi connectivity index (χ3v) is 7.51. The molecule has 5 rings (SSSR count). The molecule has 2 atom stereocenters. The Balaban J connectivity index is 1.65. The number of hydrogen-bond acceptors (Lipinski definition) is 5. The maximum atomic E-state index is 12.0. The van der Waals surface area contributed by atoms with Gasteiger partial charge >= 0.3 is 0 Å². The van der Waals surface area contributed by atoms with Crippen LogP contribution in [0.15, 0.2) is 48.7 Å². The van der Waals surface area contributed by atoms with Crippen LogP contribution in [0.5, 0.6) is 5.75 Å². The molecule has 2 aliphatic rings. The van der Waals surface area contributed by atoms with Crippen LogP contribution in [0.3, 0.4) is 0 Å². The third-order valence-electron chi connectivity index (χ3n) is 6.61. The Labute approximate surface area is 211 Å². The summed E-state index contributed by atoms with van der Waals surface area (Å²) in [5, 5.41) is 4.03. The smallest absolute Gasteiger partial charge is 0.229 e. The Morgan fingerprint density at radius 3 is 2.57 bits per heavy atom. The molecule has 2 aromatic heterocycles.